The smallest absolute Gasteiger partial charge is 0.232 e. The minimum absolute atomic E-state index is 0.174. The lowest BCUT2D eigenvalue weighted by atomic mass is 10.3. The molecule has 0 fully saturated rings. The van der Waals surface area contributed by atoms with Gasteiger partial charge in [0.15, 0.2) is 0 Å². The fourth-order valence-corrected chi connectivity index (χ4v) is 2.39. The first-order chi connectivity index (χ1) is 8.52. The molecule has 0 bridgehead atoms. The number of unbranched alkanes of at least 4 members (excludes halogenated alkanes) is 1. The largest absolute Gasteiger partial charge is 0.399 e. The fourth-order valence-electron chi connectivity index (χ4n) is 1.37. The highest BCUT2D eigenvalue weighted by Crippen LogP contribution is 2.14. The number of hydrogen-bond acceptors (Lipinski definition) is 3. The number of benzene rings is 1. The lowest BCUT2D eigenvalue weighted by molar-refractivity contribution is -0.118. The summed E-state index contributed by atoms with van der Waals surface area (Å²) in [4.78, 5) is 11.7. The molecule has 0 aliphatic carbocycles. The molecule has 6 heteroatoms. The molecule has 1 unspecified atom stereocenters. The van der Waals surface area contributed by atoms with Gasteiger partial charge in [0.2, 0.25) is 5.91 Å². The topological polar surface area (TPSA) is 72.2 Å². The van der Waals surface area contributed by atoms with Crippen LogP contribution in [0.1, 0.15) is 19.8 Å². The van der Waals surface area contributed by atoms with Gasteiger partial charge in [-0.15, -0.1) is 0 Å². The number of rotatable bonds is 6. The number of amides is 1. The van der Waals surface area contributed by atoms with Crippen molar-refractivity contribution >= 4 is 22.4 Å². The second-order valence-electron chi connectivity index (χ2n) is 3.91. The van der Waals surface area contributed by atoms with E-state index in [1.54, 1.807) is 0 Å². The highest BCUT2D eigenvalue weighted by atomic mass is 32.2. The van der Waals surface area contributed by atoms with Crippen LogP contribution in [0.5, 0.6) is 0 Å². The maximum atomic E-state index is 13.1. The molecule has 1 aromatic carbocycles. The number of nitrogens with two attached hydrogens (primary N) is 1. The van der Waals surface area contributed by atoms with Crippen molar-refractivity contribution in [2.75, 3.05) is 18.0 Å². The van der Waals surface area contributed by atoms with Crippen LogP contribution in [0.4, 0.5) is 10.1 Å². The van der Waals surface area contributed by atoms with E-state index in [-0.39, 0.29) is 22.2 Å². The second-order valence-corrected chi connectivity index (χ2v) is 5.36. The standard InChI is InChI=1S/C12H17FN2O2S/c1-2-3-4-15-12(16)8-18(17)11-6-9(13)5-10(14)7-11/h5-7H,2-4,8,14H2,1H3,(H,15,16). The van der Waals surface area contributed by atoms with Crippen LogP contribution < -0.4 is 11.1 Å². The monoisotopic (exact) mass is 272 g/mol. The van der Waals surface area contributed by atoms with E-state index >= 15 is 0 Å². The van der Waals surface area contributed by atoms with Gasteiger partial charge in [-0.3, -0.25) is 9.00 Å². The van der Waals surface area contributed by atoms with E-state index < -0.39 is 16.6 Å². The number of carbonyl (C=O) groups is 1. The van der Waals surface area contributed by atoms with Crippen molar-refractivity contribution in [2.45, 2.75) is 24.7 Å². The molecular weight excluding hydrogens is 255 g/mol. The Morgan fingerprint density at radius 1 is 1.44 bits per heavy atom. The third-order valence-corrected chi connectivity index (χ3v) is 3.56. The zero-order chi connectivity index (χ0) is 13.5. The first-order valence-corrected chi connectivity index (χ1v) is 7.06. The molecule has 3 N–H and O–H groups in total. The van der Waals surface area contributed by atoms with Crippen molar-refractivity contribution in [1.82, 2.24) is 5.32 Å². The third-order valence-electron chi connectivity index (χ3n) is 2.27. The molecule has 0 saturated carbocycles. The Balaban J connectivity index is 2.56. The SMILES string of the molecule is CCCCNC(=O)CS(=O)c1cc(N)cc(F)c1. The molecule has 18 heavy (non-hydrogen) atoms. The van der Waals surface area contributed by atoms with Crippen LogP contribution in [0, 0.1) is 5.82 Å². The van der Waals surface area contributed by atoms with Gasteiger partial charge in [-0.1, -0.05) is 13.3 Å². The van der Waals surface area contributed by atoms with E-state index in [1.807, 2.05) is 6.92 Å². The molecule has 4 nitrogen and oxygen atoms in total. The van der Waals surface area contributed by atoms with Crippen LogP contribution in [-0.2, 0) is 15.6 Å². The summed E-state index contributed by atoms with van der Waals surface area (Å²) in [6, 6.07) is 3.69. The summed E-state index contributed by atoms with van der Waals surface area (Å²) < 4.78 is 24.9. The molecule has 0 spiro atoms. The Morgan fingerprint density at radius 2 is 2.17 bits per heavy atom. The summed E-state index contributed by atoms with van der Waals surface area (Å²) in [5, 5.41) is 2.66. The molecule has 0 saturated heterocycles. The van der Waals surface area contributed by atoms with Crippen molar-refractivity contribution in [3.05, 3.63) is 24.0 Å². The third kappa shape index (κ3) is 4.83. The summed E-state index contributed by atoms with van der Waals surface area (Å²) in [7, 11) is -1.57. The first-order valence-electron chi connectivity index (χ1n) is 5.74. The van der Waals surface area contributed by atoms with Crippen LogP contribution in [0.25, 0.3) is 0 Å². The van der Waals surface area contributed by atoms with Crippen molar-refractivity contribution in [3.8, 4) is 0 Å². The van der Waals surface area contributed by atoms with Crippen LogP contribution in [0.3, 0.4) is 0 Å². The lowest BCUT2D eigenvalue weighted by Crippen LogP contribution is -2.29. The van der Waals surface area contributed by atoms with Crippen LogP contribution in [-0.4, -0.2) is 22.4 Å². The minimum Gasteiger partial charge on any atom is -0.399 e. The summed E-state index contributed by atoms with van der Waals surface area (Å²) >= 11 is 0. The molecule has 0 radical (unpaired) electrons. The van der Waals surface area contributed by atoms with Crippen molar-refractivity contribution in [3.63, 3.8) is 0 Å². The van der Waals surface area contributed by atoms with E-state index in [1.165, 1.54) is 6.07 Å². The second kappa shape index (κ2) is 7.10. The maximum Gasteiger partial charge on any atom is 0.232 e. The number of hydrogen-bond donors (Lipinski definition) is 2. The summed E-state index contributed by atoms with van der Waals surface area (Å²) in [6.45, 7) is 2.58. The predicted octanol–water partition coefficient (Wildman–Crippen LogP) is 1.43. The predicted molar refractivity (Wildman–Crippen MR) is 70.0 cm³/mol. The molecule has 1 rings (SSSR count). The van der Waals surface area contributed by atoms with Gasteiger partial charge in [0.05, 0.1) is 10.8 Å². The highest BCUT2D eigenvalue weighted by molar-refractivity contribution is 7.85. The molecule has 0 aromatic heterocycles. The zero-order valence-corrected chi connectivity index (χ0v) is 11.1. The molecule has 0 aliphatic heterocycles. The molecule has 0 aliphatic rings. The van der Waals surface area contributed by atoms with Crippen molar-refractivity contribution in [1.29, 1.82) is 0 Å². The molecule has 1 aromatic rings. The van der Waals surface area contributed by atoms with Gasteiger partial charge in [-0.05, 0) is 24.6 Å². The van der Waals surface area contributed by atoms with Crippen molar-refractivity contribution in [2.24, 2.45) is 0 Å². The lowest BCUT2D eigenvalue weighted by Gasteiger charge is -2.05. The molecule has 1 atom stereocenters. The van der Waals surface area contributed by atoms with E-state index in [0.29, 0.717) is 6.54 Å². The Morgan fingerprint density at radius 3 is 2.78 bits per heavy atom. The Kier molecular flexibility index (Phi) is 5.77. The number of anilines is 1. The number of nitrogens with one attached hydrogen (secondary N) is 1. The average molecular weight is 272 g/mol. The van der Waals surface area contributed by atoms with Crippen molar-refractivity contribution < 1.29 is 13.4 Å². The van der Waals surface area contributed by atoms with E-state index in [0.717, 1.165) is 25.0 Å². The van der Waals surface area contributed by atoms with E-state index in [9.17, 15) is 13.4 Å². The average Bonchev–Trinajstić information content (AvgIpc) is 2.28. The van der Waals surface area contributed by atoms with Gasteiger partial charge in [-0.25, -0.2) is 4.39 Å². The fraction of sp³-hybridized carbons (Fsp3) is 0.417. The Labute approximate surface area is 108 Å². The van der Waals surface area contributed by atoms with Gasteiger partial charge >= 0.3 is 0 Å². The van der Waals surface area contributed by atoms with E-state index in [2.05, 4.69) is 5.32 Å². The van der Waals surface area contributed by atoms with Crippen LogP contribution >= 0.6 is 0 Å². The number of halogens is 1. The van der Waals surface area contributed by atoms with Gasteiger partial charge in [0.1, 0.15) is 11.6 Å². The Bertz CT molecular complexity index is 431. The van der Waals surface area contributed by atoms with Gasteiger partial charge < -0.3 is 11.1 Å². The molecule has 0 heterocycles. The molecular formula is C12H17FN2O2S. The van der Waals surface area contributed by atoms with Gasteiger partial charge in [0, 0.05) is 17.1 Å². The Hall–Kier alpha value is -1.43. The van der Waals surface area contributed by atoms with E-state index in [4.69, 9.17) is 5.73 Å². The quantitative estimate of drug-likeness (QED) is 0.608. The first kappa shape index (κ1) is 14.6. The minimum atomic E-state index is -1.57. The maximum absolute atomic E-state index is 13.1. The summed E-state index contributed by atoms with van der Waals surface area (Å²) in [5.41, 5.74) is 5.65. The van der Waals surface area contributed by atoms with Gasteiger partial charge in [0.25, 0.3) is 0 Å². The molecule has 1 amide bonds. The highest BCUT2D eigenvalue weighted by Gasteiger charge is 2.11. The summed E-state index contributed by atoms with van der Waals surface area (Å²) in [6.07, 6.45) is 1.86. The zero-order valence-electron chi connectivity index (χ0n) is 10.2. The number of carbonyl (C=O) groups excluding carboxylic acids is 1. The van der Waals surface area contributed by atoms with Gasteiger partial charge in [-0.2, -0.15) is 0 Å². The van der Waals surface area contributed by atoms with Crippen LogP contribution in [0.15, 0.2) is 23.1 Å². The normalized spacial score (nSPS) is 12.1. The summed E-state index contributed by atoms with van der Waals surface area (Å²) in [5.74, 6) is -1.03. The van der Waals surface area contributed by atoms with Crippen LogP contribution in [0.2, 0.25) is 0 Å². The molecule has 100 valence electrons. The number of nitrogen functional groups attached to an aromatic ring is 1.